The summed E-state index contributed by atoms with van der Waals surface area (Å²) in [4.78, 5) is 12.3. The predicted molar refractivity (Wildman–Crippen MR) is 126 cm³/mol. The van der Waals surface area contributed by atoms with E-state index in [0.29, 0.717) is 40.6 Å². The van der Waals surface area contributed by atoms with Gasteiger partial charge in [-0.3, -0.25) is 4.79 Å². The van der Waals surface area contributed by atoms with E-state index in [1.165, 1.54) is 0 Å². The Labute approximate surface area is 193 Å². The summed E-state index contributed by atoms with van der Waals surface area (Å²) in [7, 11) is 4.72. The van der Waals surface area contributed by atoms with Crippen LogP contribution in [0.15, 0.2) is 66.7 Å². The largest absolute Gasteiger partial charge is 0.496 e. The molecule has 0 aliphatic rings. The molecule has 0 aromatic heterocycles. The molecule has 0 unspecified atom stereocenters. The van der Waals surface area contributed by atoms with Crippen molar-refractivity contribution in [2.24, 2.45) is 0 Å². The van der Waals surface area contributed by atoms with Crippen molar-refractivity contribution < 1.29 is 23.7 Å². The van der Waals surface area contributed by atoms with Gasteiger partial charge in [0.1, 0.15) is 11.5 Å². The Kier molecular flexibility index (Phi) is 8.09. The van der Waals surface area contributed by atoms with Gasteiger partial charge in [-0.25, -0.2) is 0 Å². The van der Waals surface area contributed by atoms with Crippen molar-refractivity contribution in [3.8, 4) is 29.1 Å². The van der Waals surface area contributed by atoms with E-state index in [9.17, 15) is 10.1 Å². The molecule has 0 amide bonds. The van der Waals surface area contributed by atoms with Crippen LogP contribution >= 0.6 is 0 Å². The molecule has 0 saturated carbocycles. The van der Waals surface area contributed by atoms with Crippen molar-refractivity contribution in [1.29, 1.82) is 5.26 Å². The van der Waals surface area contributed by atoms with Gasteiger partial charge in [0, 0.05) is 12.0 Å². The van der Waals surface area contributed by atoms with Gasteiger partial charge in [0.2, 0.25) is 0 Å². The molecule has 3 aromatic rings. The van der Waals surface area contributed by atoms with Crippen molar-refractivity contribution in [3.05, 3.63) is 83.4 Å². The number of para-hydroxylation sites is 1. The Balaban J connectivity index is 1.63. The summed E-state index contributed by atoms with van der Waals surface area (Å²) in [6.45, 7) is 0. The first kappa shape index (κ1) is 23.4. The Morgan fingerprint density at radius 1 is 0.879 bits per heavy atom. The average molecular weight is 443 g/mol. The van der Waals surface area contributed by atoms with Crippen LogP contribution < -0.4 is 18.9 Å². The van der Waals surface area contributed by atoms with Crippen LogP contribution in [0.25, 0.3) is 11.6 Å². The van der Waals surface area contributed by atoms with Gasteiger partial charge in [-0.15, -0.1) is 0 Å². The number of hydrogen-bond donors (Lipinski definition) is 0. The van der Waals surface area contributed by atoms with E-state index in [4.69, 9.17) is 18.9 Å². The average Bonchev–Trinajstić information content (AvgIpc) is 2.86. The molecule has 0 bridgehead atoms. The number of benzene rings is 3. The number of hydrogen-bond acceptors (Lipinski definition) is 6. The van der Waals surface area contributed by atoms with Crippen molar-refractivity contribution in [3.63, 3.8) is 0 Å². The van der Waals surface area contributed by atoms with E-state index in [1.807, 2.05) is 42.5 Å². The summed E-state index contributed by atoms with van der Waals surface area (Å²) in [5.41, 5.74) is 2.95. The number of methoxy groups -OCH3 is 3. The van der Waals surface area contributed by atoms with Crippen LogP contribution in [0, 0.1) is 11.3 Å². The number of allylic oxidation sites excluding steroid dienone is 1. The number of aryl methyl sites for hydroxylation is 1. The van der Waals surface area contributed by atoms with Crippen molar-refractivity contribution in [2.75, 3.05) is 21.3 Å². The third-order valence-electron chi connectivity index (χ3n) is 5.01. The molecule has 0 fully saturated rings. The molecule has 0 aliphatic carbocycles. The lowest BCUT2D eigenvalue weighted by Crippen LogP contribution is -2.09. The molecule has 33 heavy (non-hydrogen) atoms. The number of carbonyl (C=O) groups excluding carboxylic acids is 1. The minimum absolute atomic E-state index is 0.226. The van der Waals surface area contributed by atoms with Crippen LogP contribution in [0.2, 0.25) is 0 Å². The maximum absolute atomic E-state index is 12.3. The van der Waals surface area contributed by atoms with E-state index in [-0.39, 0.29) is 12.4 Å². The molecule has 168 valence electrons. The topological polar surface area (TPSA) is 77.8 Å². The molecular weight excluding hydrogens is 418 g/mol. The molecule has 0 saturated heterocycles. The Morgan fingerprint density at radius 3 is 2.24 bits per heavy atom. The van der Waals surface area contributed by atoms with Gasteiger partial charge in [-0.05, 0) is 60.0 Å². The summed E-state index contributed by atoms with van der Waals surface area (Å²) in [6.07, 6.45) is 2.51. The van der Waals surface area contributed by atoms with Gasteiger partial charge < -0.3 is 18.9 Å². The fourth-order valence-electron chi connectivity index (χ4n) is 3.30. The first-order valence-corrected chi connectivity index (χ1v) is 10.3. The van der Waals surface area contributed by atoms with E-state index in [1.54, 1.807) is 51.7 Å². The molecule has 3 rings (SSSR count). The zero-order valence-corrected chi connectivity index (χ0v) is 18.8. The Morgan fingerprint density at radius 2 is 1.58 bits per heavy atom. The lowest BCUT2D eigenvalue weighted by atomic mass is 10.0. The minimum Gasteiger partial charge on any atom is -0.496 e. The molecule has 0 N–H and O–H groups in total. The quantitative estimate of drug-likeness (QED) is 0.193. The summed E-state index contributed by atoms with van der Waals surface area (Å²) in [5, 5.41) is 9.59. The molecular formula is C27H25NO5. The highest BCUT2D eigenvalue weighted by molar-refractivity contribution is 5.91. The number of nitrogens with zero attached hydrogens (tertiary/aromatic N) is 1. The van der Waals surface area contributed by atoms with Crippen LogP contribution in [-0.4, -0.2) is 27.3 Å². The fraction of sp³-hybridized carbons (Fsp3) is 0.185. The first-order chi connectivity index (χ1) is 16.1. The highest BCUT2D eigenvalue weighted by atomic mass is 16.5. The van der Waals surface area contributed by atoms with Crippen LogP contribution in [-0.2, 0) is 11.2 Å². The molecule has 0 heterocycles. The van der Waals surface area contributed by atoms with E-state index in [0.717, 1.165) is 11.1 Å². The molecule has 0 atom stereocenters. The van der Waals surface area contributed by atoms with E-state index in [2.05, 4.69) is 6.07 Å². The maximum atomic E-state index is 12.3. The van der Waals surface area contributed by atoms with Crippen molar-refractivity contribution >= 4 is 17.6 Å². The Hall–Kier alpha value is -4.24. The van der Waals surface area contributed by atoms with Gasteiger partial charge >= 0.3 is 5.97 Å². The highest BCUT2D eigenvalue weighted by Gasteiger charge is 2.10. The van der Waals surface area contributed by atoms with Crippen LogP contribution in [0.5, 0.6) is 23.0 Å². The second kappa shape index (κ2) is 11.4. The SMILES string of the molecule is COc1ccc(CCC(=O)Oc2ccc(/C=C(/C#N)c3ccccc3OC)cc2)cc1OC. The normalized spacial score (nSPS) is 10.8. The van der Waals surface area contributed by atoms with Crippen molar-refractivity contribution in [2.45, 2.75) is 12.8 Å². The molecule has 0 radical (unpaired) electrons. The molecule has 6 nitrogen and oxygen atoms in total. The van der Waals surface area contributed by atoms with Crippen LogP contribution in [0.4, 0.5) is 0 Å². The summed E-state index contributed by atoms with van der Waals surface area (Å²) in [5.74, 6) is 2.01. The third-order valence-corrected chi connectivity index (χ3v) is 5.01. The van der Waals surface area contributed by atoms with Gasteiger partial charge in [0.05, 0.1) is 33.0 Å². The number of rotatable bonds is 9. The lowest BCUT2D eigenvalue weighted by molar-refractivity contribution is -0.134. The maximum Gasteiger partial charge on any atom is 0.311 e. The van der Waals surface area contributed by atoms with Crippen molar-refractivity contribution in [1.82, 2.24) is 0 Å². The lowest BCUT2D eigenvalue weighted by Gasteiger charge is -2.09. The van der Waals surface area contributed by atoms with Gasteiger partial charge in [-0.2, -0.15) is 5.26 Å². The standard InChI is InChI=1S/C27H25NO5/c1-30-24-7-5-4-6-23(24)21(18-28)16-19-8-12-22(13-9-19)33-27(29)15-11-20-10-14-25(31-2)26(17-20)32-3/h4-10,12-14,16-17H,11,15H2,1-3H3/b21-16-. The minimum atomic E-state index is -0.334. The van der Waals surface area contributed by atoms with Gasteiger partial charge in [0.25, 0.3) is 0 Å². The summed E-state index contributed by atoms with van der Waals surface area (Å²) < 4.78 is 21.3. The number of nitriles is 1. The third kappa shape index (κ3) is 6.14. The number of ether oxygens (including phenoxy) is 4. The number of carbonyl (C=O) groups is 1. The van der Waals surface area contributed by atoms with Gasteiger partial charge in [0.15, 0.2) is 11.5 Å². The highest BCUT2D eigenvalue weighted by Crippen LogP contribution is 2.29. The molecule has 0 aliphatic heterocycles. The zero-order chi connectivity index (χ0) is 23.6. The number of esters is 1. The van der Waals surface area contributed by atoms with Crippen LogP contribution in [0.3, 0.4) is 0 Å². The summed E-state index contributed by atoms with van der Waals surface area (Å²) >= 11 is 0. The molecule has 0 spiro atoms. The van der Waals surface area contributed by atoms with Crippen LogP contribution in [0.1, 0.15) is 23.1 Å². The fourth-order valence-corrected chi connectivity index (χ4v) is 3.30. The second-order valence-corrected chi connectivity index (χ2v) is 7.10. The van der Waals surface area contributed by atoms with Gasteiger partial charge in [-0.1, -0.05) is 30.3 Å². The predicted octanol–water partition coefficient (Wildman–Crippen LogP) is 5.31. The Bertz CT molecular complexity index is 1180. The zero-order valence-electron chi connectivity index (χ0n) is 18.8. The molecule has 6 heteroatoms. The summed E-state index contributed by atoms with van der Waals surface area (Å²) in [6, 6.07) is 22.1. The monoisotopic (exact) mass is 443 g/mol. The second-order valence-electron chi connectivity index (χ2n) is 7.10. The van der Waals surface area contributed by atoms with E-state index < -0.39 is 0 Å². The smallest absolute Gasteiger partial charge is 0.311 e. The molecule has 3 aromatic carbocycles. The first-order valence-electron chi connectivity index (χ1n) is 10.3. The van der Waals surface area contributed by atoms with E-state index >= 15 is 0 Å².